The Balaban J connectivity index is 2.07. The van der Waals surface area contributed by atoms with Gasteiger partial charge in [0.15, 0.2) is 0 Å². The lowest BCUT2D eigenvalue weighted by molar-refractivity contribution is 0.440. The van der Waals surface area contributed by atoms with Crippen molar-refractivity contribution in [1.82, 2.24) is 5.32 Å². The van der Waals surface area contributed by atoms with Gasteiger partial charge in [-0.1, -0.05) is 0 Å². The van der Waals surface area contributed by atoms with Crippen molar-refractivity contribution >= 4 is 23.1 Å². The molecule has 0 radical (unpaired) electrons. The Bertz CT molecular complexity index is 419. The number of nitrogens with two attached hydrogens (primary N) is 1. The van der Waals surface area contributed by atoms with Crippen LogP contribution in [0.25, 0.3) is 0 Å². The number of nitrogen functional groups attached to an aromatic ring is 1. The van der Waals surface area contributed by atoms with Gasteiger partial charge in [-0.05, 0) is 36.9 Å². The summed E-state index contributed by atoms with van der Waals surface area (Å²) in [6.07, 6.45) is 3.31. The lowest BCUT2D eigenvalue weighted by atomic mass is 9.90. The second-order valence-electron chi connectivity index (χ2n) is 4.54. The number of hydrogen-bond donors (Lipinski definition) is 3. The zero-order valence-corrected chi connectivity index (χ0v) is 10.2. The normalized spacial score (nSPS) is 27.1. The van der Waals surface area contributed by atoms with Crippen molar-refractivity contribution in [3.05, 3.63) is 17.7 Å². The fourth-order valence-electron chi connectivity index (χ4n) is 2.81. The van der Waals surface area contributed by atoms with Gasteiger partial charge in [0, 0.05) is 29.1 Å². The molecule has 86 valence electrons. The van der Waals surface area contributed by atoms with E-state index in [1.807, 2.05) is 0 Å². The zero-order chi connectivity index (χ0) is 11.1. The summed E-state index contributed by atoms with van der Waals surface area (Å²) in [6, 6.07) is 4.81. The highest BCUT2D eigenvalue weighted by Crippen LogP contribution is 2.44. The van der Waals surface area contributed by atoms with E-state index in [9.17, 15) is 0 Å². The SMILES string of the molecule is CSc1cc(N)cc2c1N[C@H]1CCNC[C@@H]21. The quantitative estimate of drug-likeness (QED) is 0.514. The third kappa shape index (κ3) is 1.48. The van der Waals surface area contributed by atoms with Crippen LogP contribution in [-0.4, -0.2) is 25.4 Å². The van der Waals surface area contributed by atoms with Gasteiger partial charge >= 0.3 is 0 Å². The Labute approximate surface area is 100 Å². The smallest absolute Gasteiger partial charge is 0.0518 e. The number of fused-ring (bicyclic) bond motifs is 3. The Kier molecular flexibility index (Phi) is 2.48. The van der Waals surface area contributed by atoms with Gasteiger partial charge < -0.3 is 16.4 Å². The predicted octanol–water partition coefficient (Wildman–Crippen LogP) is 1.86. The Morgan fingerprint density at radius 2 is 2.31 bits per heavy atom. The molecule has 1 aromatic carbocycles. The van der Waals surface area contributed by atoms with Crippen LogP contribution >= 0.6 is 11.8 Å². The van der Waals surface area contributed by atoms with E-state index in [1.165, 1.54) is 22.6 Å². The molecule has 2 aliphatic rings. The summed E-state index contributed by atoms with van der Waals surface area (Å²) in [5.41, 5.74) is 9.58. The average molecular weight is 235 g/mol. The van der Waals surface area contributed by atoms with Crippen LogP contribution in [0.1, 0.15) is 17.9 Å². The predicted molar refractivity (Wildman–Crippen MR) is 70.3 cm³/mol. The number of nitrogens with one attached hydrogen (secondary N) is 2. The van der Waals surface area contributed by atoms with E-state index in [0.717, 1.165) is 18.8 Å². The Hall–Kier alpha value is -0.870. The van der Waals surface area contributed by atoms with Crippen LogP contribution in [0.15, 0.2) is 17.0 Å². The zero-order valence-electron chi connectivity index (χ0n) is 9.42. The van der Waals surface area contributed by atoms with E-state index < -0.39 is 0 Å². The molecule has 4 heteroatoms. The number of anilines is 2. The number of benzene rings is 1. The van der Waals surface area contributed by atoms with Gasteiger partial charge in [-0.2, -0.15) is 0 Å². The minimum Gasteiger partial charge on any atom is -0.399 e. The highest BCUT2D eigenvalue weighted by atomic mass is 32.2. The van der Waals surface area contributed by atoms with Gasteiger partial charge in [0.25, 0.3) is 0 Å². The van der Waals surface area contributed by atoms with Crippen molar-refractivity contribution in [3.63, 3.8) is 0 Å². The molecular weight excluding hydrogens is 218 g/mol. The molecule has 0 bridgehead atoms. The first-order chi connectivity index (χ1) is 7.79. The molecule has 0 aliphatic carbocycles. The molecule has 16 heavy (non-hydrogen) atoms. The van der Waals surface area contributed by atoms with E-state index >= 15 is 0 Å². The summed E-state index contributed by atoms with van der Waals surface area (Å²) in [5.74, 6) is 0.596. The average Bonchev–Trinajstić information content (AvgIpc) is 2.67. The Morgan fingerprint density at radius 1 is 1.44 bits per heavy atom. The van der Waals surface area contributed by atoms with Crippen LogP contribution in [0.2, 0.25) is 0 Å². The minimum atomic E-state index is 0.596. The van der Waals surface area contributed by atoms with Gasteiger partial charge in [0.05, 0.1) is 5.69 Å². The second-order valence-corrected chi connectivity index (χ2v) is 5.39. The highest BCUT2D eigenvalue weighted by molar-refractivity contribution is 7.98. The van der Waals surface area contributed by atoms with Gasteiger partial charge in [-0.25, -0.2) is 0 Å². The maximum Gasteiger partial charge on any atom is 0.0518 e. The summed E-state index contributed by atoms with van der Waals surface area (Å²) in [5, 5.41) is 7.13. The third-order valence-electron chi connectivity index (χ3n) is 3.59. The van der Waals surface area contributed by atoms with Crippen molar-refractivity contribution < 1.29 is 0 Å². The molecule has 3 rings (SSSR count). The van der Waals surface area contributed by atoms with Crippen molar-refractivity contribution in [1.29, 1.82) is 0 Å². The molecular formula is C12H17N3S. The van der Waals surface area contributed by atoms with Gasteiger partial charge in [0.2, 0.25) is 0 Å². The molecule has 2 atom stereocenters. The molecule has 0 spiro atoms. The first kappa shape index (κ1) is 10.3. The number of piperidine rings is 1. The van der Waals surface area contributed by atoms with Crippen molar-refractivity contribution in [2.24, 2.45) is 0 Å². The molecule has 1 fully saturated rings. The maximum absolute atomic E-state index is 5.97. The van der Waals surface area contributed by atoms with Crippen molar-refractivity contribution in [2.45, 2.75) is 23.3 Å². The molecule has 2 heterocycles. The lowest BCUT2D eigenvalue weighted by Gasteiger charge is -2.26. The van der Waals surface area contributed by atoms with E-state index in [1.54, 1.807) is 11.8 Å². The Morgan fingerprint density at radius 3 is 3.12 bits per heavy atom. The second kappa shape index (κ2) is 3.86. The van der Waals surface area contributed by atoms with Crippen LogP contribution < -0.4 is 16.4 Å². The summed E-state index contributed by atoms with van der Waals surface area (Å²) in [7, 11) is 0. The number of rotatable bonds is 1. The first-order valence-electron chi connectivity index (χ1n) is 5.74. The molecule has 0 unspecified atom stereocenters. The lowest BCUT2D eigenvalue weighted by Crippen LogP contribution is -2.38. The molecule has 2 aliphatic heterocycles. The van der Waals surface area contributed by atoms with Crippen molar-refractivity contribution in [3.8, 4) is 0 Å². The van der Waals surface area contributed by atoms with Crippen LogP contribution in [-0.2, 0) is 0 Å². The third-order valence-corrected chi connectivity index (χ3v) is 4.35. The molecule has 3 nitrogen and oxygen atoms in total. The summed E-state index contributed by atoms with van der Waals surface area (Å²) in [6.45, 7) is 2.19. The van der Waals surface area contributed by atoms with E-state index in [-0.39, 0.29) is 0 Å². The summed E-state index contributed by atoms with van der Waals surface area (Å²) in [4.78, 5) is 1.28. The number of hydrogen-bond acceptors (Lipinski definition) is 4. The largest absolute Gasteiger partial charge is 0.399 e. The first-order valence-corrected chi connectivity index (χ1v) is 6.96. The molecule has 0 aromatic heterocycles. The highest BCUT2D eigenvalue weighted by Gasteiger charge is 2.35. The van der Waals surface area contributed by atoms with E-state index in [0.29, 0.717) is 12.0 Å². The monoisotopic (exact) mass is 235 g/mol. The van der Waals surface area contributed by atoms with E-state index in [2.05, 4.69) is 29.0 Å². The molecule has 1 saturated heterocycles. The molecule has 0 saturated carbocycles. The van der Waals surface area contributed by atoms with Crippen LogP contribution in [0.3, 0.4) is 0 Å². The van der Waals surface area contributed by atoms with Gasteiger partial charge in [-0.3, -0.25) is 0 Å². The van der Waals surface area contributed by atoms with Crippen LogP contribution in [0.5, 0.6) is 0 Å². The number of thioether (sulfide) groups is 1. The molecule has 4 N–H and O–H groups in total. The van der Waals surface area contributed by atoms with E-state index in [4.69, 9.17) is 5.73 Å². The summed E-state index contributed by atoms with van der Waals surface area (Å²) >= 11 is 1.77. The molecule has 0 amide bonds. The maximum atomic E-state index is 5.97. The topological polar surface area (TPSA) is 50.1 Å². The fourth-order valence-corrected chi connectivity index (χ4v) is 3.45. The standard InChI is InChI=1S/C12H17N3S/c1-16-11-5-7(13)4-8-9-6-14-3-2-10(9)15-12(8)11/h4-5,9-10,14-15H,2-3,6,13H2,1H3/t9-,10-/m0/s1. The molecule has 1 aromatic rings. The van der Waals surface area contributed by atoms with Crippen molar-refractivity contribution in [2.75, 3.05) is 30.4 Å². The van der Waals surface area contributed by atoms with Crippen LogP contribution in [0.4, 0.5) is 11.4 Å². The van der Waals surface area contributed by atoms with Crippen LogP contribution in [0, 0.1) is 0 Å². The fraction of sp³-hybridized carbons (Fsp3) is 0.500. The van der Waals surface area contributed by atoms with Gasteiger partial charge in [0.1, 0.15) is 0 Å². The van der Waals surface area contributed by atoms with Gasteiger partial charge in [-0.15, -0.1) is 11.8 Å². The minimum absolute atomic E-state index is 0.596. The summed E-state index contributed by atoms with van der Waals surface area (Å²) < 4.78 is 0.